The Morgan fingerprint density at radius 2 is 1.12 bits per heavy atom. The van der Waals surface area contributed by atoms with Gasteiger partial charge in [0.25, 0.3) is 0 Å². The molecular formula is C14H33N5O4S. The molecule has 0 fully saturated rings. The van der Waals surface area contributed by atoms with Gasteiger partial charge in [-0.2, -0.15) is 13.4 Å². The van der Waals surface area contributed by atoms with E-state index in [0.29, 0.717) is 5.96 Å². The molecule has 0 unspecified atom stereocenters. The van der Waals surface area contributed by atoms with Gasteiger partial charge in [-0.15, -0.1) is 0 Å². The molecule has 144 valence electrons. The van der Waals surface area contributed by atoms with Crippen molar-refractivity contribution in [1.29, 1.82) is 5.41 Å². The van der Waals surface area contributed by atoms with Crippen LogP contribution < -0.4 is 5.73 Å². The summed E-state index contributed by atoms with van der Waals surface area (Å²) >= 11 is 0. The number of hydrogen-bond acceptors (Lipinski definition) is 3. The summed E-state index contributed by atoms with van der Waals surface area (Å²) in [6.45, 7) is 16.5. The molecule has 0 aromatic carbocycles. The molecule has 0 saturated carbocycles. The Labute approximate surface area is 146 Å². The smallest absolute Gasteiger partial charge is 0.369 e. The summed E-state index contributed by atoms with van der Waals surface area (Å²) in [6.07, 6.45) is 0. The second-order valence-corrected chi connectivity index (χ2v) is 7.33. The number of guanidine groups is 2. The van der Waals surface area contributed by atoms with Crippen LogP contribution in [0.1, 0.15) is 55.4 Å². The third-order valence-corrected chi connectivity index (χ3v) is 2.95. The average molecular weight is 368 g/mol. The van der Waals surface area contributed by atoms with Gasteiger partial charge in [0.05, 0.1) is 0 Å². The lowest BCUT2D eigenvalue weighted by Crippen LogP contribution is -2.48. The van der Waals surface area contributed by atoms with Gasteiger partial charge in [-0.1, -0.05) is 0 Å². The first-order valence-corrected chi connectivity index (χ1v) is 9.18. The minimum atomic E-state index is -4.67. The number of nitrogens with two attached hydrogens (primary N) is 1. The number of nitrogens with one attached hydrogen (secondary N) is 1. The predicted molar refractivity (Wildman–Crippen MR) is 97.7 cm³/mol. The summed E-state index contributed by atoms with van der Waals surface area (Å²) < 4.78 is 31.6. The van der Waals surface area contributed by atoms with Crippen molar-refractivity contribution >= 4 is 22.3 Å². The summed E-state index contributed by atoms with van der Waals surface area (Å²) in [5, 5.41) is 8.14. The van der Waals surface area contributed by atoms with Crippen LogP contribution >= 0.6 is 0 Å². The molecule has 10 heteroatoms. The van der Waals surface area contributed by atoms with Crippen LogP contribution in [0.5, 0.6) is 0 Å². The zero-order valence-corrected chi connectivity index (χ0v) is 16.7. The zero-order valence-electron chi connectivity index (χ0n) is 15.8. The lowest BCUT2D eigenvalue weighted by Gasteiger charge is -2.34. The lowest BCUT2D eigenvalue weighted by molar-refractivity contribution is 0.279. The largest absolute Gasteiger partial charge is 0.394 e. The number of nitrogens with zero attached hydrogens (tertiary/aromatic N) is 3. The second kappa shape index (κ2) is 10.5. The molecule has 0 spiro atoms. The highest BCUT2D eigenvalue weighted by Gasteiger charge is 2.20. The van der Waals surface area contributed by atoms with Gasteiger partial charge in [-0.3, -0.25) is 14.5 Å². The Kier molecular flexibility index (Phi) is 10.8. The van der Waals surface area contributed by atoms with Crippen molar-refractivity contribution in [2.75, 3.05) is 0 Å². The third-order valence-electron chi connectivity index (χ3n) is 2.95. The molecule has 0 aliphatic carbocycles. The van der Waals surface area contributed by atoms with Gasteiger partial charge >= 0.3 is 10.4 Å². The second-order valence-electron chi connectivity index (χ2n) is 6.43. The van der Waals surface area contributed by atoms with Gasteiger partial charge in [0.1, 0.15) is 0 Å². The molecular weight excluding hydrogens is 334 g/mol. The van der Waals surface area contributed by atoms with Gasteiger partial charge in [-0.05, 0) is 55.4 Å². The predicted octanol–water partition coefficient (Wildman–Crippen LogP) is 1.82. The van der Waals surface area contributed by atoms with Crippen molar-refractivity contribution in [3.8, 4) is 0 Å². The molecule has 0 aliphatic rings. The summed E-state index contributed by atoms with van der Waals surface area (Å²) in [5.41, 5.74) is 6.07. The Balaban J connectivity index is 0. The van der Waals surface area contributed by atoms with Crippen molar-refractivity contribution in [1.82, 2.24) is 9.80 Å². The normalized spacial score (nSPS) is 12.5. The zero-order chi connectivity index (χ0) is 19.8. The van der Waals surface area contributed by atoms with Crippen LogP contribution in [-0.4, -0.2) is 63.4 Å². The van der Waals surface area contributed by atoms with E-state index < -0.39 is 10.4 Å². The molecule has 0 aliphatic heterocycles. The van der Waals surface area contributed by atoms with Crippen LogP contribution in [0.25, 0.3) is 0 Å². The Hall–Kier alpha value is -1.39. The van der Waals surface area contributed by atoms with E-state index in [-0.39, 0.29) is 30.1 Å². The topological polar surface area (TPSA) is 143 Å². The molecule has 0 aromatic rings. The molecule has 5 N–H and O–H groups in total. The Bertz CT molecular complexity index is 491. The number of hydrogen-bond donors (Lipinski definition) is 4. The minimum Gasteiger partial charge on any atom is -0.369 e. The highest BCUT2D eigenvalue weighted by molar-refractivity contribution is 7.79. The van der Waals surface area contributed by atoms with Crippen LogP contribution in [0, 0.1) is 5.41 Å². The van der Waals surface area contributed by atoms with Gasteiger partial charge in [0.15, 0.2) is 5.96 Å². The molecule has 0 bridgehead atoms. The van der Waals surface area contributed by atoms with Crippen LogP contribution in [0.2, 0.25) is 0 Å². The third kappa shape index (κ3) is 11.2. The monoisotopic (exact) mass is 367 g/mol. The van der Waals surface area contributed by atoms with E-state index in [2.05, 4.69) is 60.4 Å². The molecule has 24 heavy (non-hydrogen) atoms. The van der Waals surface area contributed by atoms with Crippen molar-refractivity contribution in [3.05, 3.63) is 0 Å². The SMILES string of the molecule is CC(C)N(C(=N)N=C(N)N(C(C)C)C(C)C)C(C)C.O=S(=O)(O)O. The van der Waals surface area contributed by atoms with Crippen LogP contribution in [-0.2, 0) is 10.4 Å². The van der Waals surface area contributed by atoms with Crippen LogP contribution in [0.4, 0.5) is 0 Å². The quantitative estimate of drug-likeness (QED) is 0.337. The highest BCUT2D eigenvalue weighted by Crippen LogP contribution is 2.09. The first-order valence-electron chi connectivity index (χ1n) is 7.78. The summed E-state index contributed by atoms with van der Waals surface area (Å²) in [5.74, 6) is 0.648. The van der Waals surface area contributed by atoms with Gasteiger partial charge in [0, 0.05) is 24.2 Å². The van der Waals surface area contributed by atoms with Crippen molar-refractivity contribution < 1.29 is 17.5 Å². The lowest BCUT2D eigenvalue weighted by atomic mass is 10.2. The molecule has 0 atom stereocenters. The average Bonchev–Trinajstić information content (AvgIpc) is 2.22. The van der Waals surface area contributed by atoms with E-state index in [0.717, 1.165) is 0 Å². The molecule has 0 radical (unpaired) electrons. The van der Waals surface area contributed by atoms with E-state index in [9.17, 15) is 0 Å². The summed E-state index contributed by atoms with van der Waals surface area (Å²) in [7, 11) is -4.67. The molecule has 0 rings (SSSR count). The Morgan fingerprint density at radius 3 is 1.33 bits per heavy atom. The van der Waals surface area contributed by atoms with Crippen molar-refractivity contribution in [2.45, 2.75) is 79.6 Å². The van der Waals surface area contributed by atoms with Crippen molar-refractivity contribution in [2.24, 2.45) is 10.7 Å². The number of aliphatic imine (C=N–C) groups is 1. The van der Waals surface area contributed by atoms with Crippen molar-refractivity contribution in [3.63, 3.8) is 0 Å². The minimum absolute atomic E-state index is 0.230. The van der Waals surface area contributed by atoms with E-state index in [1.165, 1.54) is 0 Å². The Morgan fingerprint density at radius 1 is 0.875 bits per heavy atom. The standard InChI is InChI=1S/C14H31N5.H2O4S/c1-9(2)18(10(3)4)13(15)17-14(16)19(11(5)6)12(7)8;1-5(2,3)4/h9-12H,1-8H3,(H3,15,16,17);(H2,1,2,3,4). The maximum atomic E-state index is 8.74. The van der Waals surface area contributed by atoms with E-state index in [4.69, 9.17) is 28.7 Å². The highest BCUT2D eigenvalue weighted by atomic mass is 32.3. The fourth-order valence-corrected chi connectivity index (χ4v) is 2.43. The number of rotatable bonds is 4. The fourth-order valence-electron chi connectivity index (χ4n) is 2.43. The molecule has 0 aromatic heterocycles. The van der Waals surface area contributed by atoms with Crippen LogP contribution in [0.3, 0.4) is 0 Å². The van der Waals surface area contributed by atoms with Crippen LogP contribution in [0.15, 0.2) is 4.99 Å². The van der Waals surface area contributed by atoms with Gasteiger partial charge in [-0.25, -0.2) is 0 Å². The van der Waals surface area contributed by atoms with E-state index >= 15 is 0 Å². The van der Waals surface area contributed by atoms with Gasteiger partial charge in [0.2, 0.25) is 5.96 Å². The first-order chi connectivity index (χ1) is 10.6. The summed E-state index contributed by atoms with van der Waals surface area (Å²) in [4.78, 5) is 8.26. The van der Waals surface area contributed by atoms with E-state index in [1.54, 1.807) is 0 Å². The van der Waals surface area contributed by atoms with Gasteiger partial charge < -0.3 is 15.5 Å². The first kappa shape index (κ1) is 24.9. The molecule has 9 nitrogen and oxygen atoms in total. The molecule has 0 amide bonds. The van der Waals surface area contributed by atoms with E-state index in [1.807, 2.05) is 9.80 Å². The molecule has 0 heterocycles. The summed E-state index contributed by atoms with van der Waals surface area (Å²) in [6, 6.07) is 0.998. The molecule has 0 saturated heterocycles. The fraction of sp³-hybridized carbons (Fsp3) is 0.857. The maximum absolute atomic E-state index is 8.74. The maximum Gasteiger partial charge on any atom is 0.394 e.